The predicted molar refractivity (Wildman–Crippen MR) is 67.3 cm³/mol. The second-order valence-electron chi connectivity index (χ2n) is 4.73. The van der Waals surface area contributed by atoms with Crippen molar-refractivity contribution < 1.29 is 4.79 Å². The van der Waals surface area contributed by atoms with Gasteiger partial charge in [0, 0.05) is 25.7 Å². The Balaban J connectivity index is 2.51. The Kier molecular flexibility index (Phi) is 4.74. The third-order valence-electron chi connectivity index (χ3n) is 2.86. The van der Waals surface area contributed by atoms with Crippen molar-refractivity contribution in [2.24, 2.45) is 0 Å². The summed E-state index contributed by atoms with van der Waals surface area (Å²) in [5.41, 5.74) is 2.29. The summed E-state index contributed by atoms with van der Waals surface area (Å²) in [7, 11) is 5.91. The molecule has 0 aromatic carbocycles. The van der Waals surface area contributed by atoms with Gasteiger partial charge in [-0.3, -0.25) is 4.79 Å². The van der Waals surface area contributed by atoms with E-state index in [4.69, 9.17) is 0 Å². The number of amides is 1. The number of carbonyl (C=O) groups is 1. The standard InChI is InChI=1S/C13H22N2O/c1-11-5-7-12(8-6-11)13(16)15(4)10-9-14(2)3/h5,7H,6,8-10H2,1-4H3. The van der Waals surface area contributed by atoms with E-state index in [1.807, 2.05) is 27.2 Å². The lowest BCUT2D eigenvalue weighted by molar-refractivity contribution is -0.126. The van der Waals surface area contributed by atoms with Gasteiger partial charge < -0.3 is 9.80 Å². The van der Waals surface area contributed by atoms with Gasteiger partial charge in [-0.2, -0.15) is 0 Å². The lowest BCUT2D eigenvalue weighted by Gasteiger charge is -2.22. The first kappa shape index (κ1) is 13.0. The van der Waals surface area contributed by atoms with Gasteiger partial charge in [0.05, 0.1) is 0 Å². The van der Waals surface area contributed by atoms with Crippen LogP contribution in [0, 0.1) is 0 Å². The van der Waals surface area contributed by atoms with Crippen LogP contribution in [0.3, 0.4) is 0 Å². The lowest BCUT2D eigenvalue weighted by atomic mass is 9.99. The van der Waals surface area contributed by atoms with E-state index >= 15 is 0 Å². The minimum Gasteiger partial charge on any atom is -0.341 e. The molecule has 0 aromatic rings. The summed E-state index contributed by atoms with van der Waals surface area (Å²) in [4.78, 5) is 15.9. The number of allylic oxidation sites excluding steroid dienone is 3. The summed E-state index contributed by atoms with van der Waals surface area (Å²) in [5.74, 6) is 0.172. The summed E-state index contributed by atoms with van der Waals surface area (Å²) in [6.45, 7) is 3.80. The monoisotopic (exact) mass is 222 g/mol. The number of nitrogens with zero attached hydrogens (tertiary/aromatic N) is 2. The maximum absolute atomic E-state index is 12.0. The zero-order valence-corrected chi connectivity index (χ0v) is 10.8. The molecule has 0 radical (unpaired) electrons. The molecule has 0 bridgehead atoms. The molecule has 0 aliphatic heterocycles. The average Bonchev–Trinajstić information content (AvgIpc) is 2.26. The molecule has 0 saturated carbocycles. The number of hydrogen-bond donors (Lipinski definition) is 0. The highest BCUT2D eigenvalue weighted by Gasteiger charge is 2.15. The normalized spacial score (nSPS) is 15.8. The Morgan fingerprint density at radius 3 is 2.38 bits per heavy atom. The molecule has 1 rings (SSSR count). The van der Waals surface area contributed by atoms with Gasteiger partial charge in [0.15, 0.2) is 0 Å². The van der Waals surface area contributed by atoms with Gasteiger partial charge in [-0.05, 0) is 33.9 Å². The summed E-state index contributed by atoms with van der Waals surface area (Å²) < 4.78 is 0. The van der Waals surface area contributed by atoms with Gasteiger partial charge >= 0.3 is 0 Å². The van der Waals surface area contributed by atoms with Gasteiger partial charge in [-0.15, -0.1) is 0 Å². The average molecular weight is 222 g/mol. The Bertz CT molecular complexity index is 316. The predicted octanol–water partition coefficient (Wildman–Crippen LogP) is 1.67. The molecule has 3 nitrogen and oxygen atoms in total. The molecule has 3 heteroatoms. The first-order valence-electron chi connectivity index (χ1n) is 5.77. The number of rotatable bonds is 4. The highest BCUT2D eigenvalue weighted by atomic mass is 16.2. The van der Waals surface area contributed by atoms with Crippen molar-refractivity contribution in [3.8, 4) is 0 Å². The third kappa shape index (κ3) is 3.81. The van der Waals surface area contributed by atoms with Crippen LogP contribution in [0.1, 0.15) is 19.8 Å². The van der Waals surface area contributed by atoms with Crippen molar-refractivity contribution in [2.45, 2.75) is 19.8 Å². The van der Waals surface area contributed by atoms with Crippen molar-refractivity contribution in [3.05, 3.63) is 23.3 Å². The van der Waals surface area contributed by atoms with Crippen molar-refractivity contribution in [3.63, 3.8) is 0 Å². The van der Waals surface area contributed by atoms with E-state index in [0.717, 1.165) is 31.5 Å². The molecule has 0 atom stereocenters. The Hall–Kier alpha value is -1.09. The largest absolute Gasteiger partial charge is 0.341 e. The van der Waals surface area contributed by atoms with E-state index in [0.29, 0.717) is 0 Å². The van der Waals surface area contributed by atoms with E-state index in [1.165, 1.54) is 5.57 Å². The van der Waals surface area contributed by atoms with Crippen LogP contribution in [-0.4, -0.2) is 49.9 Å². The summed E-state index contributed by atoms with van der Waals surface area (Å²) in [6, 6.07) is 0. The third-order valence-corrected chi connectivity index (χ3v) is 2.86. The molecule has 0 N–H and O–H groups in total. The molecular formula is C13H22N2O. The molecular weight excluding hydrogens is 200 g/mol. The molecule has 1 aliphatic carbocycles. The van der Waals surface area contributed by atoms with Crippen molar-refractivity contribution in [1.29, 1.82) is 0 Å². The molecule has 0 saturated heterocycles. The first-order chi connectivity index (χ1) is 7.50. The van der Waals surface area contributed by atoms with Gasteiger partial charge in [0.25, 0.3) is 0 Å². The van der Waals surface area contributed by atoms with E-state index in [-0.39, 0.29) is 5.91 Å². The van der Waals surface area contributed by atoms with Crippen LogP contribution in [0.4, 0.5) is 0 Å². The molecule has 0 spiro atoms. The molecule has 0 fully saturated rings. The summed E-state index contributed by atoms with van der Waals surface area (Å²) in [6.07, 6.45) is 5.91. The summed E-state index contributed by atoms with van der Waals surface area (Å²) >= 11 is 0. The molecule has 1 amide bonds. The number of carbonyl (C=O) groups excluding carboxylic acids is 1. The molecule has 0 unspecified atom stereocenters. The molecule has 0 aromatic heterocycles. The minimum atomic E-state index is 0.172. The second kappa shape index (κ2) is 5.85. The van der Waals surface area contributed by atoms with Crippen LogP contribution in [0.15, 0.2) is 23.3 Å². The Morgan fingerprint density at radius 2 is 1.88 bits per heavy atom. The van der Waals surface area contributed by atoms with Gasteiger partial charge in [-0.25, -0.2) is 0 Å². The van der Waals surface area contributed by atoms with Crippen LogP contribution >= 0.6 is 0 Å². The van der Waals surface area contributed by atoms with Crippen LogP contribution in [0.2, 0.25) is 0 Å². The number of hydrogen-bond acceptors (Lipinski definition) is 2. The smallest absolute Gasteiger partial charge is 0.249 e. The quantitative estimate of drug-likeness (QED) is 0.722. The van der Waals surface area contributed by atoms with Crippen LogP contribution < -0.4 is 0 Å². The molecule has 90 valence electrons. The maximum Gasteiger partial charge on any atom is 0.249 e. The van der Waals surface area contributed by atoms with E-state index in [9.17, 15) is 4.79 Å². The summed E-state index contributed by atoms with van der Waals surface area (Å²) in [5, 5.41) is 0. The minimum absolute atomic E-state index is 0.172. The number of likely N-dealkylation sites (N-methyl/N-ethyl adjacent to an activating group) is 2. The SMILES string of the molecule is CC1=CC=C(C(=O)N(C)CCN(C)C)CC1. The fourth-order valence-electron chi connectivity index (χ4n) is 1.62. The van der Waals surface area contributed by atoms with Gasteiger partial charge in [-0.1, -0.05) is 17.7 Å². The maximum atomic E-state index is 12.0. The van der Waals surface area contributed by atoms with Gasteiger partial charge in [0.2, 0.25) is 5.91 Å². The van der Waals surface area contributed by atoms with E-state index in [2.05, 4.69) is 17.9 Å². The Labute approximate surface area is 98.4 Å². The zero-order chi connectivity index (χ0) is 12.1. The lowest BCUT2D eigenvalue weighted by Crippen LogP contribution is -2.34. The van der Waals surface area contributed by atoms with Crippen LogP contribution in [0.25, 0.3) is 0 Å². The van der Waals surface area contributed by atoms with E-state index in [1.54, 1.807) is 4.90 Å². The first-order valence-corrected chi connectivity index (χ1v) is 5.77. The molecule has 16 heavy (non-hydrogen) atoms. The van der Waals surface area contributed by atoms with Crippen molar-refractivity contribution >= 4 is 5.91 Å². The van der Waals surface area contributed by atoms with Gasteiger partial charge in [0.1, 0.15) is 0 Å². The highest BCUT2D eigenvalue weighted by molar-refractivity contribution is 5.93. The van der Waals surface area contributed by atoms with Crippen LogP contribution in [0.5, 0.6) is 0 Å². The van der Waals surface area contributed by atoms with Crippen molar-refractivity contribution in [1.82, 2.24) is 9.80 Å². The fourth-order valence-corrected chi connectivity index (χ4v) is 1.62. The topological polar surface area (TPSA) is 23.6 Å². The van der Waals surface area contributed by atoms with E-state index < -0.39 is 0 Å². The fraction of sp³-hybridized carbons (Fsp3) is 0.615. The zero-order valence-electron chi connectivity index (χ0n) is 10.8. The molecule has 1 aliphatic rings. The molecule has 0 heterocycles. The van der Waals surface area contributed by atoms with Crippen LogP contribution in [-0.2, 0) is 4.79 Å². The second-order valence-corrected chi connectivity index (χ2v) is 4.73. The highest BCUT2D eigenvalue weighted by Crippen LogP contribution is 2.18. The van der Waals surface area contributed by atoms with Crippen molar-refractivity contribution in [2.75, 3.05) is 34.2 Å². The Morgan fingerprint density at radius 1 is 1.19 bits per heavy atom.